The lowest BCUT2D eigenvalue weighted by Crippen LogP contribution is -3.04. The average molecular weight is 378 g/mol. The number of aryl methyl sites for hydroxylation is 1. The number of nitrogens with zero attached hydrogens (tertiary/aromatic N) is 2. The summed E-state index contributed by atoms with van der Waals surface area (Å²) >= 11 is 0. The van der Waals surface area contributed by atoms with Crippen molar-refractivity contribution in [2.45, 2.75) is 33.5 Å². The van der Waals surface area contributed by atoms with Crippen molar-refractivity contribution in [2.24, 2.45) is 0 Å². The predicted molar refractivity (Wildman–Crippen MR) is 111 cm³/mol. The molecule has 1 aromatic heterocycles. The van der Waals surface area contributed by atoms with E-state index in [0.29, 0.717) is 18.7 Å². The number of nitrogens with one attached hydrogen (secondary N) is 2. The average Bonchev–Trinajstić information content (AvgIpc) is 2.94. The molecule has 0 saturated heterocycles. The number of carbonyl (C=O) groups excluding carboxylic acids is 1. The predicted octanol–water partition coefficient (Wildman–Crippen LogP) is 2.12. The molecule has 146 valence electrons. The smallest absolute Gasteiger partial charge is 0.255 e. The second kappa shape index (κ2) is 8.85. The van der Waals surface area contributed by atoms with Crippen molar-refractivity contribution in [3.05, 3.63) is 88.2 Å². The van der Waals surface area contributed by atoms with Crippen molar-refractivity contribution in [1.82, 2.24) is 15.1 Å². The van der Waals surface area contributed by atoms with E-state index in [-0.39, 0.29) is 5.91 Å². The van der Waals surface area contributed by atoms with Crippen LogP contribution in [-0.4, -0.2) is 29.8 Å². The number of hydrogen-bond acceptors (Lipinski definition) is 2. The molecule has 0 atom stereocenters. The highest BCUT2D eigenvalue weighted by Crippen LogP contribution is 2.15. The van der Waals surface area contributed by atoms with E-state index in [1.54, 1.807) is 0 Å². The molecule has 28 heavy (non-hydrogen) atoms. The summed E-state index contributed by atoms with van der Waals surface area (Å²) in [6, 6.07) is 18.4. The Morgan fingerprint density at radius 2 is 1.64 bits per heavy atom. The Hall–Kier alpha value is -2.92. The van der Waals surface area contributed by atoms with Crippen LogP contribution in [0.4, 0.5) is 0 Å². The van der Waals surface area contributed by atoms with Crippen LogP contribution >= 0.6 is 0 Å². The van der Waals surface area contributed by atoms with Gasteiger partial charge in [0, 0.05) is 17.8 Å². The summed E-state index contributed by atoms with van der Waals surface area (Å²) < 4.78 is 1.91. The normalized spacial score (nSPS) is 11.0. The Kier molecular flexibility index (Phi) is 6.26. The van der Waals surface area contributed by atoms with Gasteiger partial charge in [-0.15, -0.1) is 0 Å². The third-order valence-electron chi connectivity index (χ3n) is 4.89. The number of amides is 1. The molecule has 0 saturated carbocycles. The van der Waals surface area contributed by atoms with Crippen LogP contribution in [0, 0.1) is 13.8 Å². The van der Waals surface area contributed by atoms with Crippen molar-refractivity contribution < 1.29 is 9.69 Å². The molecule has 0 spiro atoms. The van der Waals surface area contributed by atoms with Gasteiger partial charge in [0.05, 0.1) is 31.9 Å². The number of carbonyl (C=O) groups is 1. The zero-order valence-corrected chi connectivity index (χ0v) is 17.1. The summed E-state index contributed by atoms with van der Waals surface area (Å²) in [5.74, 6) is -0.0682. The van der Waals surface area contributed by atoms with Crippen molar-refractivity contribution in [3.63, 3.8) is 0 Å². The molecular formula is C23H29N4O+. The molecule has 2 aromatic carbocycles. The lowest BCUT2D eigenvalue weighted by atomic mass is 10.1. The number of hydrogen-bond donors (Lipinski definition) is 2. The highest BCUT2D eigenvalue weighted by atomic mass is 16.1. The van der Waals surface area contributed by atoms with Crippen LogP contribution in [-0.2, 0) is 19.6 Å². The first-order valence-electron chi connectivity index (χ1n) is 9.67. The minimum absolute atomic E-state index is 0.0682. The van der Waals surface area contributed by atoms with E-state index in [4.69, 9.17) is 0 Å². The van der Waals surface area contributed by atoms with Gasteiger partial charge in [-0.05, 0) is 25.0 Å². The van der Waals surface area contributed by atoms with Gasteiger partial charge >= 0.3 is 0 Å². The first kappa shape index (κ1) is 19.8. The van der Waals surface area contributed by atoms with E-state index in [1.807, 2.05) is 48.9 Å². The van der Waals surface area contributed by atoms with E-state index >= 15 is 0 Å². The molecule has 0 bridgehead atoms. The van der Waals surface area contributed by atoms with Gasteiger partial charge in [0.1, 0.15) is 6.54 Å². The number of quaternary nitrogens is 1. The molecule has 5 heteroatoms. The molecule has 1 amide bonds. The van der Waals surface area contributed by atoms with Gasteiger partial charge in [0.2, 0.25) is 0 Å². The van der Waals surface area contributed by atoms with E-state index < -0.39 is 0 Å². The van der Waals surface area contributed by atoms with Crippen LogP contribution in [0.3, 0.4) is 0 Å². The molecule has 5 nitrogen and oxygen atoms in total. The largest absolute Gasteiger partial charge is 0.348 e. The summed E-state index contributed by atoms with van der Waals surface area (Å²) in [7, 11) is 4.26. The third kappa shape index (κ3) is 4.67. The maximum absolute atomic E-state index is 12.9. The van der Waals surface area contributed by atoms with E-state index in [1.165, 1.54) is 16.0 Å². The lowest BCUT2D eigenvalue weighted by molar-refractivity contribution is -0.872. The number of aromatic nitrogens is 2. The van der Waals surface area contributed by atoms with Gasteiger partial charge in [-0.1, -0.05) is 54.6 Å². The van der Waals surface area contributed by atoms with Gasteiger partial charge in [-0.2, -0.15) is 5.10 Å². The maximum atomic E-state index is 12.9. The Bertz CT molecular complexity index is 944. The maximum Gasteiger partial charge on any atom is 0.255 e. The third-order valence-corrected chi connectivity index (χ3v) is 4.89. The first-order valence-corrected chi connectivity index (χ1v) is 9.67. The van der Waals surface area contributed by atoms with E-state index in [2.05, 4.69) is 48.8 Å². The fourth-order valence-corrected chi connectivity index (χ4v) is 3.48. The lowest BCUT2D eigenvalue weighted by Gasteiger charge is -2.13. The van der Waals surface area contributed by atoms with Crippen molar-refractivity contribution in [1.29, 1.82) is 0 Å². The quantitative estimate of drug-likeness (QED) is 0.663. The summed E-state index contributed by atoms with van der Waals surface area (Å²) in [5.41, 5.74) is 5.91. The molecule has 0 fully saturated rings. The minimum Gasteiger partial charge on any atom is -0.348 e. The molecule has 0 radical (unpaired) electrons. The van der Waals surface area contributed by atoms with Crippen LogP contribution in [0.1, 0.15) is 38.4 Å². The molecular weight excluding hydrogens is 348 g/mol. The Labute approximate surface area is 167 Å². The summed E-state index contributed by atoms with van der Waals surface area (Å²) in [6.45, 7) is 5.97. The van der Waals surface area contributed by atoms with Crippen LogP contribution in [0.15, 0.2) is 54.6 Å². The minimum atomic E-state index is -0.0682. The number of rotatable bonds is 7. The monoisotopic (exact) mass is 377 g/mol. The summed E-state index contributed by atoms with van der Waals surface area (Å²) in [6.07, 6.45) is 0. The molecule has 3 aromatic rings. The van der Waals surface area contributed by atoms with Gasteiger partial charge in [-0.25, -0.2) is 0 Å². The molecule has 1 heterocycles. The zero-order chi connectivity index (χ0) is 20.1. The fourth-order valence-electron chi connectivity index (χ4n) is 3.48. The van der Waals surface area contributed by atoms with Gasteiger partial charge in [0.25, 0.3) is 5.91 Å². The Morgan fingerprint density at radius 1 is 1.00 bits per heavy atom. The zero-order valence-electron chi connectivity index (χ0n) is 17.1. The number of benzene rings is 2. The topological polar surface area (TPSA) is 51.4 Å². The molecule has 0 unspecified atom stereocenters. The van der Waals surface area contributed by atoms with Crippen LogP contribution < -0.4 is 10.2 Å². The van der Waals surface area contributed by atoms with Gasteiger partial charge in [-0.3, -0.25) is 9.48 Å². The Morgan fingerprint density at radius 3 is 2.32 bits per heavy atom. The van der Waals surface area contributed by atoms with Gasteiger partial charge in [0.15, 0.2) is 0 Å². The summed E-state index contributed by atoms with van der Waals surface area (Å²) in [5, 5.41) is 7.68. The van der Waals surface area contributed by atoms with Gasteiger partial charge < -0.3 is 10.2 Å². The van der Waals surface area contributed by atoms with Crippen LogP contribution in [0.2, 0.25) is 0 Å². The van der Waals surface area contributed by atoms with Crippen molar-refractivity contribution >= 4 is 5.91 Å². The SMILES string of the molecule is Cc1nn(Cc2ccccc2)c(C)c1C(=O)NCc1ccccc1C[NH+](C)C. The van der Waals surface area contributed by atoms with Crippen LogP contribution in [0.25, 0.3) is 0 Å². The summed E-state index contributed by atoms with van der Waals surface area (Å²) in [4.78, 5) is 14.2. The van der Waals surface area contributed by atoms with Crippen molar-refractivity contribution in [2.75, 3.05) is 14.1 Å². The highest BCUT2D eigenvalue weighted by Gasteiger charge is 2.19. The molecule has 3 rings (SSSR count). The second-order valence-corrected chi connectivity index (χ2v) is 7.52. The highest BCUT2D eigenvalue weighted by molar-refractivity contribution is 5.96. The first-order chi connectivity index (χ1) is 13.5. The standard InChI is InChI=1S/C23H28N4O/c1-17-22(18(2)27(25-17)15-19-10-6-5-7-11-19)23(28)24-14-20-12-8-9-13-21(20)16-26(3)4/h5-13H,14-16H2,1-4H3,(H,24,28)/p+1. The van der Waals surface area contributed by atoms with E-state index in [0.717, 1.165) is 23.5 Å². The molecule has 0 aliphatic rings. The molecule has 0 aliphatic carbocycles. The van der Waals surface area contributed by atoms with E-state index in [9.17, 15) is 4.79 Å². The molecule has 2 N–H and O–H groups in total. The fraction of sp³-hybridized carbons (Fsp3) is 0.304. The van der Waals surface area contributed by atoms with Crippen molar-refractivity contribution in [3.8, 4) is 0 Å². The molecule has 0 aliphatic heterocycles. The second-order valence-electron chi connectivity index (χ2n) is 7.52. The van der Waals surface area contributed by atoms with Crippen LogP contribution in [0.5, 0.6) is 0 Å². The Balaban J connectivity index is 1.73.